The van der Waals surface area contributed by atoms with Crippen molar-refractivity contribution in [1.29, 1.82) is 0 Å². The largest absolute Gasteiger partial charge is 0.456 e. The lowest BCUT2D eigenvalue weighted by Crippen LogP contribution is -2.05. The number of thiophene rings is 1. The van der Waals surface area contributed by atoms with Crippen molar-refractivity contribution in [2.45, 2.75) is 6.92 Å². The zero-order valence-electron chi connectivity index (χ0n) is 31.7. The van der Waals surface area contributed by atoms with Crippen LogP contribution >= 0.6 is 11.3 Å². The molecule has 0 radical (unpaired) electrons. The van der Waals surface area contributed by atoms with E-state index in [-0.39, 0.29) is 0 Å². The number of aliphatic imine (C=N–C) groups is 2. The number of hydrogen-bond acceptors (Lipinski definition) is 3. The molecule has 0 amide bonds. The van der Waals surface area contributed by atoms with E-state index in [0.717, 1.165) is 66.5 Å². The number of nitrogens with zero attached hydrogens (tertiary/aromatic N) is 3. The van der Waals surface area contributed by atoms with Gasteiger partial charge >= 0.3 is 0 Å². The van der Waals surface area contributed by atoms with Gasteiger partial charge in [0.05, 0.1) is 16.7 Å². The smallest absolute Gasteiger partial charge is 0.160 e. The van der Waals surface area contributed by atoms with E-state index in [9.17, 15) is 0 Å². The van der Waals surface area contributed by atoms with Crippen molar-refractivity contribution in [3.05, 3.63) is 205 Å². The van der Waals surface area contributed by atoms with Crippen LogP contribution < -0.4 is 0 Å². The van der Waals surface area contributed by atoms with Crippen LogP contribution in [0.1, 0.15) is 23.6 Å². The molecule has 0 bridgehead atoms. The summed E-state index contributed by atoms with van der Waals surface area (Å²) in [5.41, 5.74) is 11.9. The molecule has 11 aromatic rings. The van der Waals surface area contributed by atoms with Crippen LogP contribution in [0.3, 0.4) is 0 Å². The van der Waals surface area contributed by atoms with Crippen LogP contribution in [0.2, 0.25) is 0 Å². The molecule has 3 aromatic heterocycles. The number of para-hydroxylation sites is 2. The lowest BCUT2D eigenvalue weighted by Gasteiger charge is -2.10. The molecule has 0 aliphatic rings. The molecule has 8 aromatic carbocycles. The van der Waals surface area contributed by atoms with Crippen molar-refractivity contribution in [1.82, 2.24) is 4.57 Å². The number of amidine groups is 1. The average Bonchev–Trinajstić information content (AvgIpc) is 3.96. The van der Waals surface area contributed by atoms with Crippen molar-refractivity contribution in [3.8, 4) is 16.8 Å². The highest BCUT2D eigenvalue weighted by molar-refractivity contribution is 7.25. The van der Waals surface area contributed by atoms with Gasteiger partial charge in [-0.25, -0.2) is 9.98 Å². The summed E-state index contributed by atoms with van der Waals surface area (Å²) in [6.45, 7) is 6.47. The maximum atomic E-state index is 6.52. The van der Waals surface area contributed by atoms with Crippen LogP contribution in [0, 0.1) is 0 Å². The van der Waals surface area contributed by atoms with Gasteiger partial charge in [-0.3, -0.25) is 0 Å². The summed E-state index contributed by atoms with van der Waals surface area (Å²) in [6.07, 6.45) is 0. The molecular formula is C53H35N3OS. The summed E-state index contributed by atoms with van der Waals surface area (Å²) in [6, 6.07) is 63.8. The molecule has 58 heavy (non-hydrogen) atoms. The number of aromatic nitrogens is 1. The standard InChI is InChI=1S/C53H35N3OS/c1-33(35-15-5-3-6-16-35)54-53(42-22-14-26-50-52(42)41-20-10-12-25-49(41)58-50)55-34(2)39-21-13-24-48-51(39)44-32-37(28-30-47(44)57-48)36-27-29-46-43(31-36)40-19-9-11-23-45(40)56(46)38-17-7-4-8-18-38/h3-32H,1H2,2H3/b54-53-,55-34+. The van der Waals surface area contributed by atoms with Crippen molar-refractivity contribution in [2.24, 2.45) is 9.98 Å². The van der Waals surface area contributed by atoms with Gasteiger partial charge in [0.15, 0.2) is 5.84 Å². The summed E-state index contributed by atoms with van der Waals surface area (Å²) in [7, 11) is 0. The van der Waals surface area contributed by atoms with Gasteiger partial charge in [0.25, 0.3) is 0 Å². The molecule has 5 heteroatoms. The first-order valence-electron chi connectivity index (χ1n) is 19.4. The van der Waals surface area contributed by atoms with Gasteiger partial charge in [0.2, 0.25) is 0 Å². The summed E-state index contributed by atoms with van der Waals surface area (Å²) in [5, 5.41) is 6.87. The van der Waals surface area contributed by atoms with Crippen LogP contribution in [0.15, 0.2) is 203 Å². The topological polar surface area (TPSA) is 42.8 Å². The second-order valence-corrected chi connectivity index (χ2v) is 15.7. The minimum absolute atomic E-state index is 0.619. The molecule has 0 atom stereocenters. The van der Waals surface area contributed by atoms with Gasteiger partial charge in [-0.05, 0) is 84.3 Å². The quantitative estimate of drug-likeness (QED) is 0.123. The van der Waals surface area contributed by atoms with E-state index in [4.69, 9.17) is 14.4 Å². The van der Waals surface area contributed by atoms with E-state index >= 15 is 0 Å². The van der Waals surface area contributed by atoms with Gasteiger partial charge in [-0.2, -0.15) is 0 Å². The first kappa shape index (κ1) is 34.0. The van der Waals surface area contributed by atoms with E-state index in [1.165, 1.54) is 36.6 Å². The molecule has 274 valence electrons. The number of rotatable bonds is 6. The summed E-state index contributed by atoms with van der Waals surface area (Å²) >= 11 is 1.79. The zero-order chi connectivity index (χ0) is 38.7. The Bertz CT molecular complexity index is 3470. The number of fused-ring (bicyclic) bond motifs is 9. The Morgan fingerprint density at radius 3 is 2.02 bits per heavy atom. The molecule has 4 nitrogen and oxygen atoms in total. The minimum Gasteiger partial charge on any atom is -0.456 e. The van der Waals surface area contributed by atoms with Crippen LogP contribution in [0.4, 0.5) is 0 Å². The third-order valence-corrected chi connectivity index (χ3v) is 12.3. The zero-order valence-corrected chi connectivity index (χ0v) is 32.5. The Hall–Kier alpha value is -7.34. The van der Waals surface area contributed by atoms with E-state index < -0.39 is 0 Å². The minimum atomic E-state index is 0.619. The molecular weight excluding hydrogens is 727 g/mol. The summed E-state index contributed by atoms with van der Waals surface area (Å²) < 4.78 is 11.3. The SMILES string of the molecule is C=C(/N=C(\N=C(/C)c1cccc2oc3ccc(-c4ccc5c(c4)c4ccccc4n5-c4ccccc4)cc3c12)c1cccc2sc3ccccc3c12)c1ccccc1. The molecule has 0 fully saturated rings. The molecule has 11 rings (SSSR count). The Balaban J connectivity index is 1.07. The summed E-state index contributed by atoms with van der Waals surface area (Å²) in [4.78, 5) is 10.6. The number of hydrogen-bond donors (Lipinski definition) is 0. The fourth-order valence-corrected chi connectivity index (χ4v) is 9.60. The Labute approximate surface area is 339 Å². The molecule has 0 unspecified atom stereocenters. The Morgan fingerprint density at radius 1 is 0.517 bits per heavy atom. The van der Waals surface area contributed by atoms with Gasteiger partial charge in [0, 0.05) is 64.2 Å². The highest BCUT2D eigenvalue weighted by Gasteiger charge is 2.19. The maximum absolute atomic E-state index is 6.52. The third kappa shape index (κ3) is 5.59. The van der Waals surface area contributed by atoms with Crippen LogP contribution in [-0.4, -0.2) is 16.1 Å². The second-order valence-electron chi connectivity index (χ2n) is 14.6. The lowest BCUT2D eigenvalue weighted by molar-refractivity contribution is 0.669. The van der Waals surface area contributed by atoms with Gasteiger partial charge in [0.1, 0.15) is 11.2 Å². The van der Waals surface area contributed by atoms with Crippen LogP contribution in [0.25, 0.3) is 86.4 Å². The Kier molecular flexibility index (Phi) is 8.02. The number of benzene rings is 8. The van der Waals surface area contributed by atoms with E-state index in [1.807, 2.05) is 42.5 Å². The monoisotopic (exact) mass is 761 g/mol. The normalized spacial score (nSPS) is 12.5. The van der Waals surface area contributed by atoms with E-state index in [2.05, 4.69) is 158 Å². The summed E-state index contributed by atoms with van der Waals surface area (Å²) in [5.74, 6) is 0.619. The van der Waals surface area contributed by atoms with Crippen molar-refractivity contribution in [2.75, 3.05) is 0 Å². The third-order valence-electron chi connectivity index (χ3n) is 11.2. The molecule has 3 heterocycles. The predicted octanol–water partition coefficient (Wildman–Crippen LogP) is 14.6. The maximum Gasteiger partial charge on any atom is 0.160 e. The van der Waals surface area contributed by atoms with Crippen molar-refractivity contribution < 1.29 is 4.42 Å². The molecule has 0 saturated carbocycles. The average molecular weight is 762 g/mol. The number of furan rings is 1. The van der Waals surface area contributed by atoms with Crippen molar-refractivity contribution in [3.63, 3.8) is 0 Å². The molecule has 0 saturated heterocycles. The van der Waals surface area contributed by atoms with Crippen molar-refractivity contribution >= 4 is 92.5 Å². The molecule has 0 spiro atoms. The fraction of sp³-hybridized carbons (Fsp3) is 0.0189. The highest BCUT2D eigenvalue weighted by Crippen LogP contribution is 2.39. The predicted molar refractivity (Wildman–Crippen MR) is 247 cm³/mol. The fourth-order valence-electron chi connectivity index (χ4n) is 8.46. The first-order chi connectivity index (χ1) is 28.6. The second kappa shape index (κ2) is 13.7. The molecule has 0 aliphatic carbocycles. The van der Waals surface area contributed by atoms with Gasteiger partial charge in [-0.15, -0.1) is 11.3 Å². The van der Waals surface area contributed by atoms with Gasteiger partial charge < -0.3 is 8.98 Å². The van der Waals surface area contributed by atoms with E-state index in [1.54, 1.807) is 11.3 Å². The molecule has 0 aliphatic heterocycles. The van der Waals surface area contributed by atoms with Crippen LogP contribution in [0.5, 0.6) is 0 Å². The van der Waals surface area contributed by atoms with Crippen LogP contribution in [-0.2, 0) is 0 Å². The Morgan fingerprint density at radius 2 is 1.17 bits per heavy atom. The lowest BCUT2D eigenvalue weighted by atomic mass is 9.98. The van der Waals surface area contributed by atoms with E-state index in [0.29, 0.717) is 11.5 Å². The van der Waals surface area contributed by atoms with Gasteiger partial charge in [-0.1, -0.05) is 128 Å². The first-order valence-corrected chi connectivity index (χ1v) is 20.2. The highest BCUT2D eigenvalue weighted by atomic mass is 32.1. The molecule has 0 N–H and O–H groups in total.